The van der Waals surface area contributed by atoms with Crippen molar-refractivity contribution in [2.75, 3.05) is 39.4 Å². The number of carbonyl (C=O) groups is 1. The highest BCUT2D eigenvalue weighted by Gasteiger charge is 2.35. The van der Waals surface area contributed by atoms with Crippen LogP contribution in [-0.4, -0.2) is 72.3 Å². The topological polar surface area (TPSA) is 45.7 Å². The molecule has 0 N–H and O–H groups in total. The SMILES string of the molecule is O=C(c1ccccn1)N1CCN(C2COCC2F)CC1. The number of ether oxygens (including phenoxy) is 1. The standard InChI is InChI=1S/C14H18FN3O2/c15-11-9-20-10-13(11)17-5-7-18(8-6-17)14(19)12-3-1-2-4-16-12/h1-4,11,13H,5-10H2. The van der Waals surface area contributed by atoms with E-state index in [0.717, 1.165) is 0 Å². The van der Waals surface area contributed by atoms with E-state index in [1.54, 1.807) is 29.3 Å². The van der Waals surface area contributed by atoms with Crippen molar-refractivity contribution in [2.45, 2.75) is 12.2 Å². The average Bonchev–Trinajstić information content (AvgIpc) is 2.94. The zero-order chi connectivity index (χ0) is 13.9. The summed E-state index contributed by atoms with van der Waals surface area (Å²) in [4.78, 5) is 20.2. The van der Waals surface area contributed by atoms with Crippen LogP contribution in [0.1, 0.15) is 10.5 Å². The third-order valence-corrected chi connectivity index (χ3v) is 3.94. The van der Waals surface area contributed by atoms with Gasteiger partial charge >= 0.3 is 0 Å². The van der Waals surface area contributed by atoms with E-state index in [0.29, 0.717) is 38.5 Å². The van der Waals surface area contributed by atoms with Crippen LogP contribution in [0.2, 0.25) is 0 Å². The molecule has 2 saturated heterocycles. The average molecular weight is 279 g/mol. The van der Waals surface area contributed by atoms with Gasteiger partial charge in [-0.05, 0) is 12.1 Å². The van der Waals surface area contributed by atoms with Crippen LogP contribution in [0, 0.1) is 0 Å². The number of rotatable bonds is 2. The number of hydrogen-bond donors (Lipinski definition) is 0. The van der Waals surface area contributed by atoms with Gasteiger partial charge < -0.3 is 9.64 Å². The number of halogens is 1. The molecule has 2 unspecified atom stereocenters. The Kier molecular flexibility index (Phi) is 3.93. The molecule has 2 aliphatic heterocycles. The fourth-order valence-electron chi connectivity index (χ4n) is 2.76. The lowest BCUT2D eigenvalue weighted by Gasteiger charge is -2.37. The number of carbonyl (C=O) groups excluding carboxylic acids is 1. The normalized spacial score (nSPS) is 27.8. The van der Waals surface area contributed by atoms with Crippen LogP contribution in [0.4, 0.5) is 4.39 Å². The van der Waals surface area contributed by atoms with Gasteiger partial charge in [0.25, 0.3) is 5.91 Å². The van der Waals surface area contributed by atoms with Crippen molar-refractivity contribution in [3.05, 3.63) is 30.1 Å². The van der Waals surface area contributed by atoms with Crippen LogP contribution < -0.4 is 0 Å². The smallest absolute Gasteiger partial charge is 0.272 e. The van der Waals surface area contributed by atoms with E-state index in [2.05, 4.69) is 9.88 Å². The minimum Gasteiger partial charge on any atom is -0.377 e. The van der Waals surface area contributed by atoms with Gasteiger partial charge in [0, 0.05) is 32.4 Å². The van der Waals surface area contributed by atoms with Crippen molar-refractivity contribution in [3.63, 3.8) is 0 Å². The lowest BCUT2D eigenvalue weighted by Crippen LogP contribution is -2.54. The quantitative estimate of drug-likeness (QED) is 0.794. The highest BCUT2D eigenvalue weighted by Crippen LogP contribution is 2.18. The molecule has 5 nitrogen and oxygen atoms in total. The maximum absolute atomic E-state index is 13.6. The molecule has 0 saturated carbocycles. The Morgan fingerprint density at radius 1 is 1.25 bits per heavy atom. The molecule has 0 aliphatic carbocycles. The van der Waals surface area contributed by atoms with E-state index in [4.69, 9.17) is 4.74 Å². The highest BCUT2D eigenvalue weighted by atomic mass is 19.1. The summed E-state index contributed by atoms with van der Waals surface area (Å²) in [6.45, 7) is 3.24. The molecular weight excluding hydrogens is 261 g/mol. The molecule has 3 heterocycles. The molecule has 20 heavy (non-hydrogen) atoms. The maximum atomic E-state index is 13.6. The molecule has 1 amide bonds. The molecule has 2 fully saturated rings. The van der Waals surface area contributed by atoms with Gasteiger partial charge in [-0.25, -0.2) is 4.39 Å². The molecule has 108 valence electrons. The zero-order valence-corrected chi connectivity index (χ0v) is 11.2. The molecule has 2 atom stereocenters. The number of pyridine rings is 1. The van der Waals surface area contributed by atoms with Gasteiger partial charge in [0.1, 0.15) is 11.9 Å². The third kappa shape index (κ3) is 2.66. The van der Waals surface area contributed by atoms with Crippen molar-refractivity contribution < 1.29 is 13.9 Å². The van der Waals surface area contributed by atoms with Gasteiger partial charge in [-0.2, -0.15) is 0 Å². The Balaban J connectivity index is 1.57. The summed E-state index contributed by atoms with van der Waals surface area (Å²) in [5, 5.41) is 0. The van der Waals surface area contributed by atoms with Crippen LogP contribution >= 0.6 is 0 Å². The molecule has 0 bridgehead atoms. The van der Waals surface area contributed by atoms with E-state index in [9.17, 15) is 9.18 Å². The van der Waals surface area contributed by atoms with Crippen molar-refractivity contribution in [1.29, 1.82) is 0 Å². The molecule has 0 radical (unpaired) electrons. The van der Waals surface area contributed by atoms with Crippen LogP contribution in [0.3, 0.4) is 0 Å². The van der Waals surface area contributed by atoms with Gasteiger partial charge in [-0.1, -0.05) is 6.07 Å². The Bertz CT molecular complexity index is 463. The second-order valence-corrected chi connectivity index (χ2v) is 5.16. The summed E-state index contributed by atoms with van der Waals surface area (Å²) >= 11 is 0. The minimum absolute atomic E-state index is 0.0512. The fourth-order valence-corrected chi connectivity index (χ4v) is 2.76. The first-order valence-corrected chi connectivity index (χ1v) is 6.92. The van der Waals surface area contributed by atoms with Crippen LogP contribution in [-0.2, 0) is 4.74 Å². The monoisotopic (exact) mass is 279 g/mol. The van der Waals surface area contributed by atoms with E-state index in [-0.39, 0.29) is 18.6 Å². The van der Waals surface area contributed by atoms with Crippen LogP contribution in [0.15, 0.2) is 24.4 Å². The first kappa shape index (κ1) is 13.5. The summed E-state index contributed by atoms with van der Waals surface area (Å²) in [7, 11) is 0. The third-order valence-electron chi connectivity index (χ3n) is 3.94. The fraction of sp³-hybridized carbons (Fsp3) is 0.571. The number of nitrogens with zero attached hydrogens (tertiary/aromatic N) is 3. The second-order valence-electron chi connectivity index (χ2n) is 5.16. The van der Waals surface area contributed by atoms with Crippen LogP contribution in [0.5, 0.6) is 0 Å². The summed E-state index contributed by atoms with van der Waals surface area (Å²) in [6, 6.07) is 5.16. The van der Waals surface area contributed by atoms with Gasteiger partial charge in [0.15, 0.2) is 0 Å². The molecule has 0 aromatic carbocycles. The van der Waals surface area contributed by atoms with Crippen molar-refractivity contribution >= 4 is 5.91 Å². The van der Waals surface area contributed by atoms with Crippen LogP contribution in [0.25, 0.3) is 0 Å². The molecule has 2 aliphatic rings. The maximum Gasteiger partial charge on any atom is 0.272 e. The van der Waals surface area contributed by atoms with Gasteiger partial charge in [0.05, 0.1) is 19.3 Å². The largest absolute Gasteiger partial charge is 0.377 e. The molecule has 1 aromatic heterocycles. The summed E-state index contributed by atoms with van der Waals surface area (Å²) < 4.78 is 18.8. The van der Waals surface area contributed by atoms with E-state index < -0.39 is 6.17 Å². The molecule has 6 heteroatoms. The predicted molar refractivity (Wildman–Crippen MR) is 71.2 cm³/mol. The highest BCUT2D eigenvalue weighted by molar-refractivity contribution is 5.92. The van der Waals surface area contributed by atoms with Crippen molar-refractivity contribution in [1.82, 2.24) is 14.8 Å². The number of amides is 1. The Hall–Kier alpha value is -1.53. The van der Waals surface area contributed by atoms with E-state index >= 15 is 0 Å². The molecule has 0 spiro atoms. The molecular formula is C14H18FN3O2. The second kappa shape index (κ2) is 5.85. The predicted octanol–water partition coefficient (Wildman–Crippen LogP) is 0.576. The minimum atomic E-state index is -0.909. The van der Waals surface area contributed by atoms with Crippen molar-refractivity contribution in [2.24, 2.45) is 0 Å². The number of hydrogen-bond acceptors (Lipinski definition) is 4. The first-order chi connectivity index (χ1) is 9.75. The number of alkyl halides is 1. The number of aromatic nitrogens is 1. The van der Waals surface area contributed by atoms with Gasteiger partial charge in [-0.15, -0.1) is 0 Å². The van der Waals surface area contributed by atoms with E-state index in [1.807, 2.05) is 0 Å². The Morgan fingerprint density at radius 3 is 2.65 bits per heavy atom. The van der Waals surface area contributed by atoms with Crippen molar-refractivity contribution in [3.8, 4) is 0 Å². The Labute approximate surface area is 117 Å². The lowest BCUT2D eigenvalue weighted by molar-refractivity contribution is 0.0491. The van der Waals surface area contributed by atoms with E-state index in [1.165, 1.54) is 0 Å². The summed E-state index contributed by atoms with van der Waals surface area (Å²) in [5.41, 5.74) is 0.466. The first-order valence-electron chi connectivity index (χ1n) is 6.92. The molecule has 3 rings (SSSR count). The van der Waals surface area contributed by atoms with Gasteiger partial charge in [-0.3, -0.25) is 14.7 Å². The lowest BCUT2D eigenvalue weighted by atomic mass is 10.1. The summed E-state index contributed by atoms with van der Waals surface area (Å²) in [5.74, 6) is -0.0512. The Morgan fingerprint density at radius 2 is 2.05 bits per heavy atom. The van der Waals surface area contributed by atoms with Gasteiger partial charge in [0.2, 0.25) is 0 Å². The summed E-state index contributed by atoms with van der Waals surface area (Å²) in [6.07, 6.45) is 0.709. The molecule has 1 aromatic rings. The zero-order valence-electron chi connectivity index (χ0n) is 11.2. The number of piperazine rings is 1.